The third kappa shape index (κ3) is 2.86. The molecule has 1 heterocycles. The molecule has 1 aliphatic heterocycles. The Balaban J connectivity index is 2.88. The maximum absolute atomic E-state index is 12.5. The highest BCUT2D eigenvalue weighted by Crippen LogP contribution is 2.26. The molecule has 0 amide bonds. The number of nitrogens with one attached hydrogen (secondary N) is 1. The zero-order chi connectivity index (χ0) is 21.1. The van der Waals surface area contributed by atoms with Gasteiger partial charge < -0.3 is 10.1 Å². The van der Waals surface area contributed by atoms with Gasteiger partial charge in [-0.1, -0.05) is 36.7 Å². The van der Waals surface area contributed by atoms with Gasteiger partial charge in [0, 0.05) is 19.7 Å². The summed E-state index contributed by atoms with van der Waals surface area (Å²) in [6.45, 7) is -3.28. The first-order chi connectivity index (χ1) is 12.0. The number of esters is 1. The number of carbonyl (C=O) groups is 1. The van der Waals surface area contributed by atoms with Crippen LogP contribution in [-0.2, 0) is 9.53 Å². The molecule has 1 fully saturated rings. The van der Waals surface area contributed by atoms with Crippen molar-refractivity contribution in [1.29, 1.82) is 0 Å². The van der Waals surface area contributed by atoms with Crippen LogP contribution in [0.4, 0.5) is 0 Å². The second-order valence-electron chi connectivity index (χ2n) is 3.23. The highest BCUT2D eigenvalue weighted by Gasteiger charge is 2.31. The first kappa shape index (κ1) is 4.73. The molecule has 2 rings (SSSR count). The van der Waals surface area contributed by atoms with E-state index in [1.165, 1.54) is 30.3 Å². The van der Waals surface area contributed by atoms with Gasteiger partial charge in [-0.15, -0.1) is 0 Å². The predicted molar refractivity (Wildman–Crippen MR) is 66.8 cm³/mol. The van der Waals surface area contributed by atoms with E-state index in [-0.39, 0.29) is 5.56 Å². The van der Waals surface area contributed by atoms with Gasteiger partial charge in [0.2, 0.25) is 0 Å². The molecule has 17 heavy (non-hydrogen) atoms. The molecule has 2 atom stereocenters. The van der Waals surface area contributed by atoms with E-state index in [0.717, 1.165) is 7.11 Å². The van der Waals surface area contributed by atoms with Crippen molar-refractivity contribution in [3.8, 4) is 0 Å². The van der Waals surface area contributed by atoms with E-state index < -0.39 is 43.5 Å². The Kier molecular flexibility index (Phi) is 1.62. The van der Waals surface area contributed by atoms with Crippen molar-refractivity contribution < 1.29 is 23.2 Å². The molecular formula is C14H19NO2. The molecule has 0 aliphatic carbocycles. The fraction of sp³-hybridized carbons (Fsp3) is 0.500. The van der Waals surface area contributed by atoms with Gasteiger partial charge in [-0.05, 0) is 24.8 Å². The third-order valence-corrected chi connectivity index (χ3v) is 2.20. The number of benzene rings is 1. The lowest BCUT2D eigenvalue weighted by Crippen LogP contribution is -2.42. The van der Waals surface area contributed by atoms with Crippen LogP contribution in [0, 0.1) is 0 Å². The Morgan fingerprint density at radius 3 is 3.06 bits per heavy atom. The van der Waals surface area contributed by atoms with Crippen molar-refractivity contribution in [2.75, 3.05) is 13.6 Å². The number of piperidine rings is 1. The largest absolute Gasteiger partial charge is 0.469 e. The van der Waals surface area contributed by atoms with Gasteiger partial charge in [0.25, 0.3) is 0 Å². The number of hydrogen-bond donors (Lipinski definition) is 1. The standard InChI is InChI=1S/C14H19NO2/c1-17-14(16)13(11-7-3-2-4-8-11)12-9-5-6-10-15-12/h2-4,7-8,12-13,15H,5-6,9-10H2,1H3/t12-,13-/m0/s1/i5D2,6D2,9D2,10D2,12D,13D. The molecule has 1 saturated heterocycles. The monoisotopic (exact) mass is 243 g/mol. The predicted octanol–water partition coefficient (Wildman–Crippen LogP) is 2.09. The molecule has 3 heteroatoms. The number of rotatable bonds is 3. The van der Waals surface area contributed by atoms with Crippen LogP contribution < -0.4 is 5.32 Å². The summed E-state index contributed by atoms with van der Waals surface area (Å²) in [5.41, 5.74) is -0.239. The molecule has 0 bridgehead atoms. The Morgan fingerprint density at radius 2 is 2.35 bits per heavy atom. The molecular weight excluding hydrogens is 214 g/mol. The smallest absolute Gasteiger partial charge is 0.314 e. The van der Waals surface area contributed by atoms with E-state index in [2.05, 4.69) is 4.74 Å². The Hall–Kier alpha value is -1.35. The molecule has 3 nitrogen and oxygen atoms in total. The number of methoxy groups -OCH3 is 1. The summed E-state index contributed by atoms with van der Waals surface area (Å²) < 4.78 is 85.5. The fourth-order valence-corrected chi connectivity index (χ4v) is 1.45. The van der Waals surface area contributed by atoms with E-state index >= 15 is 0 Å². The first-order valence-electron chi connectivity index (χ1n) is 9.98. The summed E-state index contributed by atoms with van der Waals surface area (Å²) in [7, 11) is 0.902. The van der Waals surface area contributed by atoms with Crippen LogP contribution in [0.15, 0.2) is 30.3 Å². The van der Waals surface area contributed by atoms with Gasteiger partial charge >= 0.3 is 5.97 Å². The van der Waals surface area contributed by atoms with Gasteiger partial charge in [-0.3, -0.25) is 4.79 Å². The van der Waals surface area contributed by atoms with Crippen molar-refractivity contribution in [2.24, 2.45) is 0 Å². The van der Waals surface area contributed by atoms with Crippen molar-refractivity contribution in [3.05, 3.63) is 35.9 Å². The molecule has 0 unspecified atom stereocenters. The number of ether oxygens (including phenoxy) is 1. The molecule has 1 aromatic carbocycles. The summed E-state index contributed by atoms with van der Waals surface area (Å²) >= 11 is 0. The maximum Gasteiger partial charge on any atom is 0.314 e. The molecule has 1 aliphatic rings. The fourth-order valence-electron chi connectivity index (χ4n) is 1.45. The summed E-state index contributed by atoms with van der Waals surface area (Å²) in [5.74, 6) is -4.38. The Bertz CT molecular complexity index is 741. The van der Waals surface area contributed by atoms with Gasteiger partial charge in [-0.25, -0.2) is 0 Å². The Labute approximate surface area is 116 Å². The molecule has 92 valence electrons. The van der Waals surface area contributed by atoms with E-state index in [0.29, 0.717) is 0 Å². The van der Waals surface area contributed by atoms with E-state index in [1.54, 1.807) is 5.32 Å². The van der Waals surface area contributed by atoms with Crippen LogP contribution in [0.2, 0.25) is 0 Å². The number of carbonyl (C=O) groups excluding carboxylic acids is 1. The zero-order valence-electron chi connectivity index (χ0n) is 19.2. The third-order valence-electron chi connectivity index (χ3n) is 2.20. The summed E-state index contributed by atoms with van der Waals surface area (Å²) in [5, 5.41) is 1.78. The number of hydrogen-bond acceptors (Lipinski definition) is 3. The minimum Gasteiger partial charge on any atom is -0.469 e. The molecule has 0 spiro atoms. The van der Waals surface area contributed by atoms with Crippen LogP contribution in [-0.4, -0.2) is 25.6 Å². The molecule has 0 radical (unpaired) electrons. The molecule has 1 N–H and O–H groups in total. The lowest BCUT2D eigenvalue weighted by molar-refractivity contribution is -0.143. The second-order valence-corrected chi connectivity index (χ2v) is 3.23. The van der Waals surface area contributed by atoms with Crippen molar-refractivity contribution in [2.45, 2.75) is 31.0 Å². The SMILES string of the molecule is [2H]C1([2H])N[C@]([2H])([C@@]([2H])(C(=O)OC)c2ccccc2)C([2H])([2H])C([2H])([2H])C1([2H])[2H]. The van der Waals surface area contributed by atoms with E-state index in [9.17, 15) is 4.79 Å². The average molecular weight is 243 g/mol. The zero-order valence-corrected chi connectivity index (χ0v) is 9.20. The minimum absolute atomic E-state index is 0.239. The highest BCUT2D eigenvalue weighted by molar-refractivity contribution is 5.79. The Morgan fingerprint density at radius 1 is 1.59 bits per heavy atom. The van der Waals surface area contributed by atoms with E-state index in [4.69, 9.17) is 13.7 Å². The lowest BCUT2D eigenvalue weighted by atomic mass is 9.86. The summed E-state index contributed by atoms with van der Waals surface area (Å²) in [6, 6.07) is 3.53. The highest BCUT2D eigenvalue weighted by atomic mass is 16.5. The normalized spacial score (nSPS) is 48.5. The van der Waals surface area contributed by atoms with Crippen LogP contribution >= 0.6 is 0 Å². The van der Waals surface area contributed by atoms with Crippen molar-refractivity contribution >= 4 is 5.97 Å². The van der Waals surface area contributed by atoms with Crippen LogP contribution in [0.5, 0.6) is 0 Å². The average Bonchev–Trinajstić information content (AvgIpc) is 2.58. The van der Waals surface area contributed by atoms with Crippen LogP contribution in [0.3, 0.4) is 0 Å². The quantitative estimate of drug-likeness (QED) is 0.826. The van der Waals surface area contributed by atoms with Gasteiger partial charge in [0.1, 0.15) is 0 Å². The van der Waals surface area contributed by atoms with E-state index in [1.807, 2.05) is 0 Å². The van der Waals surface area contributed by atoms with Gasteiger partial charge in [0.05, 0.1) is 13.0 Å². The molecule has 0 aromatic heterocycles. The van der Waals surface area contributed by atoms with Crippen molar-refractivity contribution in [3.63, 3.8) is 0 Å². The van der Waals surface area contributed by atoms with Crippen LogP contribution in [0.1, 0.15) is 44.3 Å². The maximum atomic E-state index is 12.5. The van der Waals surface area contributed by atoms with Gasteiger partial charge in [0.15, 0.2) is 0 Å². The summed E-state index contributed by atoms with van der Waals surface area (Å²) in [4.78, 5) is 12.5. The van der Waals surface area contributed by atoms with Crippen LogP contribution in [0.25, 0.3) is 0 Å². The van der Waals surface area contributed by atoms with Crippen molar-refractivity contribution in [1.82, 2.24) is 5.32 Å². The lowest BCUT2D eigenvalue weighted by Gasteiger charge is -2.29. The first-order valence-corrected chi connectivity index (χ1v) is 4.98. The summed E-state index contributed by atoms with van der Waals surface area (Å²) in [6.07, 6.45) is -10.5. The minimum atomic E-state index is -3.58. The van der Waals surface area contributed by atoms with Gasteiger partial charge in [-0.2, -0.15) is 0 Å². The topological polar surface area (TPSA) is 38.3 Å². The second kappa shape index (κ2) is 5.82. The molecule has 1 aromatic rings. The molecule has 0 saturated carbocycles.